The fourth-order valence-electron chi connectivity index (χ4n) is 2.36. The maximum Gasteiger partial charge on any atom is 0.337 e. The molecule has 0 saturated heterocycles. The van der Waals surface area contributed by atoms with Gasteiger partial charge in [0.15, 0.2) is 0 Å². The molecule has 1 aromatic rings. The van der Waals surface area contributed by atoms with Crippen LogP contribution in [0.5, 0.6) is 5.75 Å². The molecule has 0 saturated carbocycles. The van der Waals surface area contributed by atoms with Gasteiger partial charge in [0, 0.05) is 26.1 Å². The number of aliphatic hydroxyl groups excluding tert-OH is 1. The van der Waals surface area contributed by atoms with E-state index in [0.717, 1.165) is 6.54 Å². The number of rotatable bonds is 10. The third-order valence-electron chi connectivity index (χ3n) is 3.33. The summed E-state index contributed by atoms with van der Waals surface area (Å²) in [4.78, 5) is 13.6. The molecule has 6 nitrogen and oxygen atoms in total. The quantitative estimate of drug-likeness (QED) is 0.660. The zero-order valence-corrected chi connectivity index (χ0v) is 14.6. The van der Waals surface area contributed by atoms with Crippen LogP contribution >= 0.6 is 0 Å². The highest BCUT2D eigenvalue weighted by Gasteiger charge is 2.14. The van der Waals surface area contributed by atoms with Crippen molar-refractivity contribution in [2.24, 2.45) is 5.92 Å². The summed E-state index contributed by atoms with van der Waals surface area (Å²) < 4.78 is 10.2. The van der Waals surface area contributed by atoms with Crippen LogP contribution in [0.3, 0.4) is 0 Å². The molecule has 0 aliphatic rings. The second-order valence-corrected chi connectivity index (χ2v) is 6.05. The summed E-state index contributed by atoms with van der Waals surface area (Å²) in [5.41, 5.74) is 0.403. The Morgan fingerprint density at radius 3 is 2.75 bits per heavy atom. The summed E-state index contributed by atoms with van der Waals surface area (Å²) in [7, 11) is 1.32. The molecule has 0 bridgehead atoms. The van der Waals surface area contributed by atoms with Gasteiger partial charge in [0.2, 0.25) is 0 Å². The normalized spacial score (nSPS) is 12.0. The average Bonchev–Trinajstić information content (AvgIpc) is 2.57. The number of nitriles is 1. The van der Waals surface area contributed by atoms with Crippen molar-refractivity contribution in [3.05, 3.63) is 29.8 Å². The largest absolute Gasteiger partial charge is 0.491 e. The number of esters is 1. The van der Waals surface area contributed by atoms with Gasteiger partial charge in [-0.3, -0.25) is 4.90 Å². The fourth-order valence-corrected chi connectivity index (χ4v) is 2.36. The van der Waals surface area contributed by atoms with E-state index < -0.39 is 12.1 Å². The Morgan fingerprint density at radius 1 is 1.38 bits per heavy atom. The first kappa shape index (κ1) is 19.9. The van der Waals surface area contributed by atoms with Gasteiger partial charge < -0.3 is 14.6 Å². The van der Waals surface area contributed by atoms with Crippen LogP contribution in [-0.2, 0) is 4.74 Å². The summed E-state index contributed by atoms with van der Waals surface area (Å²) in [6, 6.07) is 8.77. The molecule has 0 aromatic heterocycles. The van der Waals surface area contributed by atoms with Crippen molar-refractivity contribution >= 4 is 5.97 Å². The summed E-state index contributed by atoms with van der Waals surface area (Å²) in [6.45, 7) is 6.20. The predicted molar refractivity (Wildman–Crippen MR) is 90.8 cm³/mol. The lowest BCUT2D eigenvalue weighted by Crippen LogP contribution is -2.38. The second kappa shape index (κ2) is 10.6. The highest BCUT2D eigenvalue weighted by atomic mass is 16.5. The van der Waals surface area contributed by atoms with Crippen LogP contribution in [0, 0.1) is 17.2 Å². The third kappa shape index (κ3) is 7.44. The maximum atomic E-state index is 11.5. The number of carbonyl (C=O) groups excluding carboxylic acids is 1. The zero-order chi connectivity index (χ0) is 17.9. The number of methoxy groups -OCH3 is 1. The highest BCUT2D eigenvalue weighted by molar-refractivity contribution is 5.89. The zero-order valence-electron chi connectivity index (χ0n) is 14.6. The van der Waals surface area contributed by atoms with Gasteiger partial charge in [-0.2, -0.15) is 5.26 Å². The minimum absolute atomic E-state index is 0.117. The van der Waals surface area contributed by atoms with Gasteiger partial charge in [-0.25, -0.2) is 4.79 Å². The van der Waals surface area contributed by atoms with E-state index >= 15 is 0 Å². The van der Waals surface area contributed by atoms with Gasteiger partial charge in [0.25, 0.3) is 0 Å². The van der Waals surface area contributed by atoms with Crippen LogP contribution in [-0.4, -0.2) is 55.4 Å². The minimum Gasteiger partial charge on any atom is -0.491 e. The molecule has 0 aliphatic heterocycles. The van der Waals surface area contributed by atoms with E-state index in [-0.39, 0.29) is 6.61 Å². The van der Waals surface area contributed by atoms with Crippen molar-refractivity contribution in [3.8, 4) is 11.8 Å². The molecule has 0 unspecified atom stereocenters. The first-order valence-corrected chi connectivity index (χ1v) is 8.04. The number of aliphatic hydroxyl groups is 1. The van der Waals surface area contributed by atoms with Crippen LogP contribution in [0.1, 0.15) is 30.6 Å². The fraction of sp³-hybridized carbons (Fsp3) is 0.556. The minimum atomic E-state index is -0.677. The van der Waals surface area contributed by atoms with E-state index in [1.165, 1.54) is 7.11 Å². The maximum absolute atomic E-state index is 11.5. The predicted octanol–water partition coefficient (Wildman–Crippen LogP) is 2.08. The molecule has 0 amide bonds. The number of nitrogens with zero attached hydrogens (tertiary/aromatic N) is 2. The van der Waals surface area contributed by atoms with Gasteiger partial charge in [0.1, 0.15) is 18.5 Å². The molecular weight excluding hydrogens is 308 g/mol. The Hall–Kier alpha value is -2.10. The molecule has 0 heterocycles. The second-order valence-electron chi connectivity index (χ2n) is 6.05. The van der Waals surface area contributed by atoms with Crippen molar-refractivity contribution in [2.45, 2.75) is 26.4 Å². The van der Waals surface area contributed by atoms with E-state index in [0.29, 0.717) is 36.7 Å². The Morgan fingerprint density at radius 2 is 2.12 bits per heavy atom. The summed E-state index contributed by atoms with van der Waals surface area (Å²) in [5.74, 6) is 0.526. The molecule has 24 heavy (non-hydrogen) atoms. The SMILES string of the molecule is COC(=O)c1cccc(OC[C@@H](O)CN(CCC#N)CC(C)C)c1. The smallest absolute Gasteiger partial charge is 0.337 e. The van der Waals surface area contributed by atoms with E-state index in [1.807, 2.05) is 0 Å². The van der Waals surface area contributed by atoms with Crippen molar-refractivity contribution in [3.63, 3.8) is 0 Å². The Bertz CT molecular complexity index is 554. The Labute approximate surface area is 143 Å². The van der Waals surface area contributed by atoms with Gasteiger partial charge in [-0.1, -0.05) is 19.9 Å². The first-order chi connectivity index (χ1) is 11.5. The lowest BCUT2D eigenvalue weighted by Gasteiger charge is -2.25. The van der Waals surface area contributed by atoms with Crippen molar-refractivity contribution < 1.29 is 19.4 Å². The molecular formula is C18H26N2O4. The number of hydrogen-bond donors (Lipinski definition) is 1. The van der Waals surface area contributed by atoms with Gasteiger partial charge >= 0.3 is 5.97 Å². The van der Waals surface area contributed by atoms with Crippen molar-refractivity contribution in [1.82, 2.24) is 4.90 Å². The van der Waals surface area contributed by atoms with Gasteiger partial charge in [-0.05, 0) is 24.1 Å². The number of carbonyl (C=O) groups is 1. The van der Waals surface area contributed by atoms with Crippen molar-refractivity contribution in [1.29, 1.82) is 5.26 Å². The standard InChI is InChI=1S/C18H26N2O4/c1-14(2)11-20(9-5-8-19)12-16(21)13-24-17-7-4-6-15(10-17)18(22)23-3/h4,6-7,10,14,16,21H,5,9,11-13H2,1-3H3/t16-/m0/s1. The summed E-state index contributed by atoms with van der Waals surface area (Å²) in [6.07, 6.45) is -0.245. The van der Waals surface area contributed by atoms with Crippen LogP contribution in [0.25, 0.3) is 0 Å². The Balaban J connectivity index is 2.53. The molecule has 1 N–H and O–H groups in total. The molecule has 1 atom stereocenters. The molecule has 1 rings (SSSR count). The van der Waals surface area contributed by atoms with Crippen LogP contribution in [0.15, 0.2) is 24.3 Å². The molecule has 132 valence electrons. The average molecular weight is 334 g/mol. The van der Waals surface area contributed by atoms with Crippen LogP contribution < -0.4 is 4.74 Å². The number of hydrogen-bond acceptors (Lipinski definition) is 6. The van der Waals surface area contributed by atoms with Crippen LogP contribution in [0.2, 0.25) is 0 Å². The number of ether oxygens (including phenoxy) is 2. The first-order valence-electron chi connectivity index (χ1n) is 8.04. The molecule has 1 aromatic carbocycles. The number of benzene rings is 1. The lowest BCUT2D eigenvalue weighted by atomic mass is 10.2. The van der Waals surface area contributed by atoms with Gasteiger partial charge in [0.05, 0.1) is 18.7 Å². The molecule has 6 heteroatoms. The Kier molecular flexibility index (Phi) is 8.84. The van der Waals surface area contributed by atoms with E-state index in [4.69, 9.17) is 10.00 Å². The van der Waals surface area contributed by atoms with Crippen LogP contribution in [0.4, 0.5) is 0 Å². The summed E-state index contributed by atoms with van der Waals surface area (Å²) >= 11 is 0. The van der Waals surface area contributed by atoms with E-state index in [1.54, 1.807) is 24.3 Å². The molecule has 0 aliphatic carbocycles. The molecule has 0 spiro atoms. The van der Waals surface area contributed by atoms with E-state index in [9.17, 15) is 9.90 Å². The highest BCUT2D eigenvalue weighted by Crippen LogP contribution is 2.14. The molecule has 0 fully saturated rings. The van der Waals surface area contributed by atoms with E-state index in [2.05, 4.69) is 29.6 Å². The third-order valence-corrected chi connectivity index (χ3v) is 3.33. The topological polar surface area (TPSA) is 82.8 Å². The summed E-state index contributed by atoms with van der Waals surface area (Å²) in [5, 5.41) is 18.9. The lowest BCUT2D eigenvalue weighted by molar-refractivity contribution is 0.0597. The monoisotopic (exact) mass is 334 g/mol. The van der Waals surface area contributed by atoms with Gasteiger partial charge in [-0.15, -0.1) is 0 Å². The molecule has 0 radical (unpaired) electrons. The van der Waals surface area contributed by atoms with Crippen molar-refractivity contribution in [2.75, 3.05) is 33.4 Å².